The maximum absolute atomic E-state index is 13.0. The summed E-state index contributed by atoms with van der Waals surface area (Å²) in [5, 5.41) is 18.3. The summed E-state index contributed by atoms with van der Waals surface area (Å²) in [5.41, 5.74) is 6.27. The molecule has 0 aliphatic carbocycles. The molecular weight excluding hydrogens is 466 g/mol. The van der Waals surface area contributed by atoms with E-state index in [-0.39, 0.29) is 11.4 Å². The van der Waals surface area contributed by atoms with E-state index in [0.29, 0.717) is 5.17 Å². The second kappa shape index (κ2) is 8.46. The van der Waals surface area contributed by atoms with Crippen LogP contribution in [0.5, 0.6) is 0 Å². The number of amides is 1. The third-order valence-corrected chi connectivity index (χ3v) is 7.44. The standard InChI is InChI=1S/C29H23N5OS/c1-17-7-6-10-22(13-17)28-32-34-26(30)25(27(35)31-29(34)36-28)16-23-14-18(2)33(19(23)3)24-12-11-20-8-4-5-9-21(20)15-24/h4-16,30H,1-3H3. The molecule has 6 rings (SSSR count). The number of rotatable bonds is 3. The first kappa shape index (κ1) is 22.2. The number of benzene rings is 3. The Kier molecular flexibility index (Phi) is 5.23. The molecule has 0 fully saturated rings. The first-order chi connectivity index (χ1) is 17.4. The fraction of sp³-hybridized carbons (Fsp3) is 0.103. The van der Waals surface area contributed by atoms with Gasteiger partial charge in [-0.2, -0.15) is 15.1 Å². The lowest BCUT2D eigenvalue weighted by molar-refractivity contribution is -0.114. The summed E-state index contributed by atoms with van der Waals surface area (Å²) < 4.78 is 2.17. The number of carbonyl (C=O) groups excluding carboxylic acids is 1. The maximum atomic E-state index is 13.0. The van der Waals surface area contributed by atoms with Crippen LogP contribution >= 0.6 is 11.8 Å². The van der Waals surface area contributed by atoms with E-state index in [1.54, 1.807) is 6.08 Å². The number of thioether (sulfide) groups is 1. The molecule has 7 heteroatoms. The first-order valence-electron chi connectivity index (χ1n) is 11.6. The third kappa shape index (κ3) is 3.69. The van der Waals surface area contributed by atoms with Gasteiger partial charge in [-0.25, -0.2) is 0 Å². The number of nitrogens with one attached hydrogen (secondary N) is 1. The Hall–Kier alpha value is -4.23. The van der Waals surface area contributed by atoms with Crippen LogP contribution in [0.4, 0.5) is 0 Å². The molecule has 3 heterocycles. The van der Waals surface area contributed by atoms with E-state index >= 15 is 0 Å². The zero-order valence-electron chi connectivity index (χ0n) is 20.1. The average molecular weight is 490 g/mol. The highest BCUT2D eigenvalue weighted by molar-refractivity contribution is 8.27. The Balaban J connectivity index is 1.37. The average Bonchev–Trinajstić information content (AvgIpc) is 3.41. The molecule has 176 valence electrons. The van der Waals surface area contributed by atoms with Crippen molar-refractivity contribution in [3.63, 3.8) is 0 Å². The Bertz CT molecular complexity index is 1690. The van der Waals surface area contributed by atoms with E-state index in [4.69, 9.17) is 5.41 Å². The van der Waals surface area contributed by atoms with Gasteiger partial charge >= 0.3 is 0 Å². The quantitative estimate of drug-likeness (QED) is 0.347. The van der Waals surface area contributed by atoms with E-state index in [2.05, 4.69) is 45.0 Å². The summed E-state index contributed by atoms with van der Waals surface area (Å²) in [7, 11) is 0. The lowest BCUT2D eigenvalue weighted by atomic mass is 10.1. The van der Waals surface area contributed by atoms with Gasteiger partial charge in [-0.15, -0.1) is 0 Å². The number of carbonyl (C=O) groups is 1. The molecule has 0 saturated carbocycles. The van der Waals surface area contributed by atoms with Gasteiger partial charge in [0.25, 0.3) is 5.91 Å². The second-order valence-corrected chi connectivity index (χ2v) is 9.94. The number of aryl methyl sites for hydroxylation is 2. The fourth-order valence-electron chi connectivity index (χ4n) is 4.69. The largest absolute Gasteiger partial charge is 0.318 e. The van der Waals surface area contributed by atoms with Crippen LogP contribution in [0.25, 0.3) is 22.5 Å². The van der Waals surface area contributed by atoms with Gasteiger partial charge in [-0.1, -0.05) is 54.1 Å². The van der Waals surface area contributed by atoms with Crippen molar-refractivity contribution < 1.29 is 4.79 Å². The van der Waals surface area contributed by atoms with Gasteiger partial charge in [0.2, 0.25) is 5.17 Å². The number of nitrogens with zero attached hydrogens (tertiary/aromatic N) is 4. The summed E-state index contributed by atoms with van der Waals surface area (Å²) >= 11 is 1.31. The van der Waals surface area contributed by atoms with Gasteiger partial charge in [0.15, 0.2) is 5.84 Å². The molecule has 4 aromatic rings. The van der Waals surface area contributed by atoms with Gasteiger partial charge in [-0.05, 0) is 79.2 Å². The molecule has 0 bridgehead atoms. The molecule has 0 saturated heterocycles. The SMILES string of the molecule is Cc1cccc(C2=NN3C(=N)C(=Cc4cc(C)n(-c5ccc6ccccc6c5)c4C)C(=O)N=C3S2)c1. The highest BCUT2D eigenvalue weighted by Crippen LogP contribution is 2.32. The Morgan fingerprint density at radius 3 is 2.53 bits per heavy atom. The number of hydrazone groups is 1. The lowest BCUT2D eigenvalue weighted by Crippen LogP contribution is -2.35. The minimum absolute atomic E-state index is 0.0376. The molecule has 6 nitrogen and oxygen atoms in total. The Morgan fingerprint density at radius 2 is 1.72 bits per heavy atom. The molecule has 1 N–H and O–H groups in total. The van der Waals surface area contributed by atoms with E-state index in [0.717, 1.165) is 38.8 Å². The van der Waals surface area contributed by atoms with Crippen LogP contribution < -0.4 is 0 Å². The molecule has 1 amide bonds. The number of hydrogen-bond donors (Lipinski definition) is 1. The molecule has 0 radical (unpaired) electrons. The minimum Gasteiger partial charge on any atom is -0.318 e. The lowest BCUT2D eigenvalue weighted by Gasteiger charge is -2.20. The van der Waals surface area contributed by atoms with Crippen LogP contribution in [-0.2, 0) is 4.79 Å². The Morgan fingerprint density at radius 1 is 0.917 bits per heavy atom. The molecule has 3 aromatic carbocycles. The van der Waals surface area contributed by atoms with Crippen molar-refractivity contribution in [1.82, 2.24) is 9.58 Å². The summed E-state index contributed by atoms with van der Waals surface area (Å²) in [6, 6.07) is 24.7. The minimum atomic E-state index is -0.421. The van der Waals surface area contributed by atoms with Crippen LogP contribution in [-0.4, -0.2) is 31.5 Å². The number of hydrogen-bond acceptors (Lipinski definition) is 4. The van der Waals surface area contributed by atoms with Crippen molar-refractivity contribution in [2.45, 2.75) is 20.8 Å². The van der Waals surface area contributed by atoms with Crippen LogP contribution in [0.3, 0.4) is 0 Å². The number of aromatic nitrogens is 1. The summed E-state index contributed by atoms with van der Waals surface area (Å²) in [6.07, 6.45) is 1.76. The number of fused-ring (bicyclic) bond motifs is 2. The van der Waals surface area contributed by atoms with Crippen LogP contribution in [0.15, 0.2) is 88.5 Å². The number of aliphatic imine (C=N–C) groups is 1. The zero-order valence-corrected chi connectivity index (χ0v) is 20.9. The maximum Gasteiger partial charge on any atom is 0.283 e. The normalized spacial score (nSPS) is 16.5. The summed E-state index contributed by atoms with van der Waals surface area (Å²) in [4.78, 5) is 17.2. The molecule has 36 heavy (non-hydrogen) atoms. The first-order valence-corrected chi connectivity index (χ1v) is 12.5. The summed E-state index contributed by atoms with van der Waals surface area (Å²) in [6.45, 7) is 6.10. The Labute approximate surface area is 213 Å². The molecule has 0 unspecified atom stereocenters. The van der Waals surface area contributed by atoms with Crippen molar-refractivity contribution in [2.24, 2.45) is 10.1 Å². The van der Waals surface area contributed by atoms with E-state index < -0.39 is 5.91 Å². The summed E-state index contributed by atoms with van der Waals surface area (Å²) in [5.74, 6) is -0.384. The van der Waals surface area contributed by atoms with Crippen LogP contribution in [0, 0.1) is 26.2 Å². The van der Waals surface area contributed by atoms with E-state index in [9.17, 15) is 4.79 Å². The zero-order chi connectivity index (χ0) is 25.0. The molecule has 1 aromatic heterocycles. The van der Waals surface area contributed by atoms with Gasteiger partial charge in [0, 0.05) is 22.6 Å². The molecule has 2 aliphatic rings. The fourth-order valence-corrected chi connectivity index (χ4v) is 5.58. The van der Waals surface area contributed by atoms with Crippen LogP contribution in [0.1, 0.15) is 28.1 Å². The second-order valence-electron chi connectivity index (χ2n) is 8.99. The van der Waals surface area contributed by atoms with E-state index in [1.807, 2.05) is 63.2 Å². The molecular formula is C29H23N5OS. The predicted molar refractivity (Wildman–Crippen MR) is 148 cm³/mol. The van der Waals surface area contributed by atoms with Gasteiger partial charge < -0.3 is 4.57 Å². The smallest absolute Gasteiger partial charge is 0.283 e. The van der Waals surface area contributed by atoms with Gasteiger partial charge in [0.1, 0.15) is 5.04 Å². The van der Waals surface area contributed by atoms with Crippen molar-refractivity contribution in [2.75, 3.05) is 0 Å². The van der Waals surface area contributed by atoms with Crippen molar-refractivity contribution in [3.05, 3.63) is 106 Å². The van der Waals surface area contributed by atoms with Crippen molar-refractivity contribution >= 4 is 50.6 Å². The predicted octanol–water partition coefficient (Wildman–Crippen LogP) is 6.22. The van der Waals surface area contributed by atoms with Crippen molar-refractivity contribution in [1.29, 1.82) is 5.41 Å². The molecule has 0 spiro atoms. The molecule has 2 aliphatic heterocycles. The third-order valence-electron chi connectivity index (χ3n) is 6.48. The highest BCUT2D eigenvalue weighted by atomic mass is 32.2. The van der Waals surface area contributed by atoms with Gasteiger partial charge in [-0.3, -0.25) is 10.2 Å². The van der Waals surface area contributed by atoms with Crippen molar-refractivity contribution in [3.8, 4) is 5.69 Å². The van der Waals surface area contributed by atoms with Crippen LogP contribution in [0.2, 0.25) is 0 Å². The number of amidine groups is 2. The monoisotopic (exact) mass is 489 g/mol. The van der Waals surface area contributed by atoms with E-state index in [1.165, 1.54) is 27.5 Å². The highest BCUT2D eigenvalue weighted by Gasteiger charge is 2.36. The molecule has 0 atom stereocenters. The van der Waals surface area contributed by atoms with Gasteiger partial charge in [0.05, 0.1) is 5.57 Å². The topological polar surface area (TPSA) is 73.8 Å².